The standard InChI is InChI=1S/C17H24Cl2N2O2S/c1-23-12-17(4-6-20-7-5-17)11-21-16(22)10-24-9-13-2-3-14(18)8-15(13)19/h2-3,8,20H,4-7,9-12H2,1H3,(H,21,22). The van der Waals surface area contributed by atoms with Crippen molar-refractivity contribution in [3.63, 3.8) is 0 Å². The fourth-order valence-electron chi connectivity index (χ4n) is 2.86. The van der Waals surface area contributed by atoms with Gasteiger partial charge in [-0.1, -0.05) is 29.3 Å². The van der Waals surface area contributed by atoms with Crippen LogP contribution in [0.25, 0.3) is 0 Å². The number of rotatable bonds is 8. The summed E-state index contributed by atoms with van der Waals surface area (Å²) in [5.41, 5.74) is 1.05. The number of amides is 1. The highest BCUT2D eigenvalue weighted by atomic mass is 35.5. The Labute approximate surface area is 158 Å². The van der Waals surface area contributed by atoms with Crippen LogP contribution in [-0.4, -0.2) is 45.0 Å². The number of carbonyl (C=O) groups is 1. The van der Waals surface area contributed by atoms with Crippen LogP contribution in [0.1, 0.15) is 18.4 Å². The minimum Gasteiger partial charge on any atom is -0.384 e. The van der Waals surface area contributed by atoms with Crippen LogP contribution in [0.2, 0.25) is 10.0 Å². The molecule has 7 heteroatoms. The first-order valence-corrected chi connectivity index (χ1v) is 9.94. The van der Waals surface area contributed by atoms with Crippen molar-refractivity contribution in [3.05, 3.63) is 33.8 Å². The average molecular weight is 391 g/mol. The third-order valence-electron chi connectivity index (χ3n) is 4.28. The number of benzene rings is 1. The number of carbonyl (C=O) groups excluding carboxylic acids is 1. The Morgan fingerprint density at radius 2 is 2.12 bits per heavy atom. The summed E-state index contributed by atoms with van der Waals surface area (Å²) in [6, 6.07) is 5.44. The molecule has 1 aromatic rings. The first kappa shape index (κ1) is 19.9. The van der Waals surface area contributed by atoms with Crippen molar-refractivity contribution >= 4 is 40.9 Å². The third kappa shape index (κ3) is 6.12. The summed E-state index contributed by atoms with van der Waals surface area (Å²) in [5.74, 6) is 1.16. The van der Waals surface area contributed by atoms with Gasteiger partial charge in [0.1, 0.15) is 0 Å². The molecule has 0 aromatic heterocycles. The van der Waals surface area contributed by atoms with Gasteiger partial charge in [0.25, 0.3) is 0 Å². The summed E-state index contributed by atoms with van der Waals surface area (Å²) in [7, 11) is 1.72. The molecule has 0 radical (unpaired) electrons. The van der Waals surface area contributed by atoms with E-state index >= 15 is 0 Å². The first-order chi connectivity index (χ1) is 11.5. The van der Waals surface area contributed by atoms with Crippen molar-refractivity contribution in [2.75, 3.05) is 39.1 Å². The van der Waals surface area contributed by atoms with Crippen molar-refractivity contribution in [2.24, 2.45) is 5.41 Å². The summed E-state index contributed by atoms with van der Waals surface area (Å²) in [4.78, 5) is 12.1. The molecule has 1 aliphatic rings. The maximum atomic E-state index is 12.1. The Morgan fingerprint density at radius 1 is 1.38 bits per heavy atom. The molecule has 2 N–H and O–H groups in total. The van der Waals surface area contributed by atoms with Crippen molar-refractivity contribution in [2.45, 2.75) is 18.6 Å². The molecule has 0 aliphatic carbocycles. The van der Waals surface area contributed by atoms with Crippen LogP contribution in [0.15, 0.2) is 18.2 Å². The minimum absolute atomic E-state index is 0.0547. The topological polar surface area (TPSA) is 50.4 Å². The molecule has 1 fully saturated rings. The predicted molar refractivity (Wildman–Crippen MR) is 102 cm³/mol. The molecule has 4 nitrogen and oxygen atoms in total. The zero-order valence-electron chi connectivity index (χ0n) is 13.9. The summed E-state index contributed by atoms with van der Waals surface area (Å²) < 4.78 is 5.37. The molecular weight excluding hydrogens is 367 g/mol. The van der Waals surface area contributed by atoms with Crippen LogP contribution in [0.5, 0.6) is 0 Å². The maximum Gasteiger partial charge on any atom is 0.230 e. The van der Waals surface area contributed by atoms with Crippen LogP contribution in [-0.2, 0) is 15.3 Å². The van der Waals surface area contributed by atoms with Crippen molar-refractivity contribution < 1.29 is 9.53 Å². The summed E-state index contributed by atoms with van der Waals surface area (Å²) in [5, 5.41) is 7.68. The highest BCUT2D eigenvalue weighted by Crippen LogP contribution is 2.28. The fourth-order valence-corrected chi connectivity index (χ4v) is 4.28. The number of ether oxygens (including phenoxy) is 1. The van der Waals surface area contributed by atoms with Gasteiger partial charge in [-0.25, -0.2) is 0 Å². The molecule has 1 aliphatic heterocycles. The Bertz CT molecular complexity index is 546. The molecule has 1 heterocycles. The number of thioether (sulfide) groups is 1. The number of piperidine rings is 1. The van der Waals surface area contributed by atoms with Gasteiger partial charge in [0.2, 0.25) is 5.91 Å². The number of hydrogen-bond acceptors (Lipinski definition) is 4. The van der Waals surface area contributed by atoms with E-state index in [0.717, 1.165) is 31.5 Å². The van der Waals surface area contributed by atoms with Crippen LogP contribution in [0.4, 0.5) is 0 Å². The van der Waals surface area contributed by atoms with E-state index in [0.29, 0.717) is 34.7 Å². The molecule has 0 spiro atoms. The molecule has 1 amide bonds. The van der Waals surface area contributed by atoms with Gasteiger partial charge in [0.05, 0.1) is 12.4 Å². The lowest BCUT2D eigenvalue weighted by atomic mass is 9.79. The van der Waals surface area contributed by atoms with Crippen LogP contribution in [0, 0.1) is 5.41 Å². The predicted octanol–water partition coefficient (Wildman–Crippen LogP) is 3.36. The first-order valence-electron chi connectivity index (χ1n) is 8.03. The van der Waals surface area contributed by atoms with E-state index in [1.54, 1.807) is 24.9 Å². The molecule has 24 heavy (non-hydrogen) atoms. The number of hydrogen-bond donors (Lipinski definition) is 2. The second kappa shape index (κ2) is 9.88. The smallest absolute Gasteiger partial charge is 0.230 e. The van der Waals surface area contributed by atoms with Gasteiger partial charge >= 0.3 is 0 Å². The molecule has 2 rings (SSSR count). The van der Waals surface area contributed by atoms with E-state index in [1.807, 2.05) is 12.1 Å². The van der Waals surface area contributed by atoms with Gasteiger partial charge in [-0.05, 0) is 43.6 Å². The van der Waals surface area contributed by atoms with Gasteiger partial charge in [0.15, 0.2) is 0 Å². The summed E-state index contributed by atoms with van der Waals surface area (Å²) in [6.07, 6.45) is 2.04. The second-order valence-corrected chi connectivity index (χ2v) is 8.02. The van der Waals surface area contributed by atoms with Gasteiger partial charge in [0, 0.05) is 34.9 Å². The van der Waals surface area contributed by atoms with E-state index in [2.05, 4.69) is 10.6 Å². The van der Waals surface area contributed by atoms with Crippen molar-refractivity contribution in [1.29, 1.82) is 0 Å². The average Bonchev–Trinajstić information content (AvgIpc) is 2.56. The number of methoxy groups -OCH3 is 1. The van der Waals surface area contributed by atoms with E-state index in [9.17, 15) is 4.79 Å². The third-order valence-corrected chi connectivity index (χ3v) is 5.85. The minimum atomic E-state index is 0.0547. The Balaban J connectivity index is 1.74. The van der Waals surface area contributed by atoms with Gasteiger partial charge < -0.3 is 15.4 Å². The Morgan fingerprint density at radius 3 is 2.79 bits per heavy atom. The number of nitrogens with one attached hydrogen (secondary N) is 2. The van der Waals surface area contributed by atoms with Crippen LogP contribution < -0.4 is 10.6 Å². The summed E-state index contributed by atoms with van der Waals surface area (Å²) in [6.45, 7) is 3.30. The monoisotopic (exact) mass is 390 g/mol. The molecule has 0 saturated carbocycles. The van der Waals surface area contributed by atoms with E-state index in [1.165, 1.54) is 0 Å². The largest absolute Gasteiger partial charge is 0.384 e. The van der Waals surface area contributed by atoms with E-state index < -0.39 is 0 Å². The Hall–Kier alpha value is -0.460. The Kier molecular flexibility index (Phi) is 8.17. The molecule has 134 valence electrons. The highest BCUT2D eigenvalue weighted by Gasteiger charge is 2.32. The molecule has 0 atom stereocenters. The van der Waals surface area contributed by atoms with Crippen LogP contribution >= 0.6 is 35.0 Å². The van der Waals surface area contributed by atoms with Crippen molar-refractivity contribution in [3.8, 4) is 0 Å². The summed E-state index contributed by atoms with van der Waals surface area (Å²) >= 11 is 13.6. The normalized spacial score (nSPS) is 16.8. The van der Waals surface area contributed by atoms with Crippen LogP contribution in [0.3, 0.4) is 0 Å². The maximum absolute atomic E-state index is 12.1. The lowest BCUT2D eigenvalue weighted by Gasteiger charge is -2.37. The fraction of sp³-hybridized carbons (Fsp3) is 0.588. The zero-order chi connectivity index (χ0) is 17.4. The van der Waals surface area contributed by atoms with Crippen molar-refractivity contribution in [1.82, 2.24) is 10.6 Å². The SMILES string of the molecule is COCC1(CNC(=O)CSCc2ccc(Cl)cc2Cl)CCNCC1. The second-order valence-electron chi connectivity index (χ2n) is 6.19. The molecule has 0 unspecified atom stereocenters. The van der Waals surface area contributed by atoms with E-state index in [-0.39, 0.29) is 11.3 Å². The lowest BCUT2D eigenvalue weighted by Crippen LogP contribution is -2.47. The number of halogens is 2. The van der Waals surface area contributed by atoms with Gasteiger partial charge in [-0.3, -0.25) is 4.79 Å². The van der Waals surface area contributed by atoms with Gasteiger partial charge in [-0.2, -0.15) is 0 Å². The highest BCUT2D eigenvalue weighted by molar-refractivity contribution is 7.99. The molecule has 1 saturated heterocycles. The lowest BCUT2D eigenvalue weighted by molar-refractivity contribution is -0.119. The van der Waals surface area contributed by atoms with E-state index in [4.69, 9.17) is 27.9 Å². The molecule has 0 bridgehead atoms. The van der Waals surface area contributed by atoms with Gasteiger partial charge in [-0.15, -0.1) is 11.8 Å². The molecule has 1 aromatic carbocycles. The molecular formula is C17H24Cl2N2O2S. The zero-order valence-corrected chi connectivity index (χ0v) is 16.2. The quantitative estimate of drug-likeness (QED) is 0.714.